The van der Waals surface area contributed by atoms with E-state index in [2.05, 4.69) is 23.8 Å². The number of piperidine rings is 1. The van der Waals surface area contributed by atoms with Gasteiger partial charge in [-0.1, -0.05) is 13.3 Å². The second-order valence-corrected chi connectivity index (χ2v) is 6.96. The van der Waals surface area contributed by atoms with Gasteiger partial charge in [0, 0.05) is 31.2 Å². The highest BCUT2D eigenvalue weighted by Crippen LogP contribution is 2.43. The molecule has 0 aromatic heterocycles. The molecule has 3 rings (SSSR count). The zero-order valence-electron chi connectivity index (χ0n) is 12.1. The minimum absolute atomic E-state index is 0.280. The number of hydrogen-bond acceptors (Lipinski definition) is 3. The van der Waals surface area contributed by atoms with Gasteiger partial charge in [-0.2, -0.15) is 0 Å². The van der Waals surface area contributed by atoms with Crippen LogP contribution in [0.4, 0.5) is 0 Å². The van der Waals surface area contributed by atoms with Crippen molar-refractivity contribution in [2.45, 2.75) is 50.6 Å². The van der Waals surface area contributed by atoms with Crippen molar-refractivity contribution in [2.24, 2.45) is 17.6 Å². The molecule has 0 amide bonds. The molecule has 0 spiro atoms. The predicted molar refractivity (Wildman–Crippen MR) is 75.5 cm³/mol. The lowest BCUT2D eigenvalue weighted by molar-refractivity contribution is 0.0524. The van der Waals surface area contributed by atoms with Crippen LogP contribution < -0.4 is 5.73 Å². The summed E-state index contributed by atoms with van der Waals surface area (Å²) in [6, 6.07) is 0.732. The molecule has 2 N–H and O–H groups in total. The van der Waals surface area contributed by atoms with Crippen LogP contribution in [0.3, 0.4) is 0 Å². The van der Waals surface area contributed by atoms with Crippen LogP contribution in [0, 0.1) is 11.8 Å². The second-order valence-electron chi connectivity index (χ2n) is 6.96. The Morgan fingerprint density at radius 2 is 2.11 bits per heavy atom. The van der Waals surface area contributed by atoms with Gasteiger partial charge in [0.2, 0.25) is 0 Å². The van der Waals surface area contributed by atoms with Crippen LogP contribution in [-0.2, 0) is 0 Å². The van der Waals surface area contributed by atoms with Crippen molar-refractivity contribution in [1.82, 2.24) is 9.80 Å². The molecule has 3 aliphatic rings. The zero-order chi connectivity index (χ0) is 12.8. The van der Waals surface area contributed by atoms with Gasteiger partial charge < -0.3 is 5.73 Å². The lowest BCUT2D eigenvalue weighted by atomic mass is 9.84. The highest BCUT2D eigenvalue weighted by atomic mass is 15.3. The van der Waals surface area contributed by atoms with Crippen LogP contribution in [0.2, 0.25) is 0 Å². The topological polar surface area (TPSA) is 32.5 Å². The molecule has 1 aliphatic carbocycles. The predicted octanol–water partition coefficient (Wildman–Crippen LogP) is 1.53. The normalized spacial score (nSPS) is 44.3. The monoisotopic (exact) mass is 251 g/mol. The van der Waals surface area contributed by atoms with Gasteiger partial charge in [0.15, 0.2) is 0 Å². The van der Waals surface area contributed by atoms with Crippen molar-refractivity contribution in [1.29, 1.82) is 0 Å². The average molecular weight is 251 g/mol. The lowest BCUT2D eigenvalue weighted by Gasteiger charge is -2.46. The Morgan fingerprint density at radius 3 is 2.78 bits per heavy atom. The van der Waals surface area contributed by atoms with Crippen molar-refractivity contribution in [2.75, 3.05) is 33.2 Å². The first-order valence-corrected chi connectivity index (χ1v) is 7.83. The van der Waals surface area contributed by atoms with E-state index in [0.717, 1.165) is 24.4 Å². The smallest absolute Gasteiger partial charge is 0.0496 e. The van der Waals surface area contributed by atoms with Gasteiger partial charge in [-0.3, -0.25) is 9.80 Å². The largest absolute Gasteiger partial charge is 0.329 e. The van der Waals surface area contributed by atoms with Crippen LogP contribution in [0.15, 0.2) is 0 Å². The Balaban J connectivity index is 1.72. The molecule has 1 saturated carbocycles. The van der Waals surface area contributed by atoms with Crippen molar-refractivity contribution in [3.05, 3.63) is 0 Å². The van der Waals surface area contributed by atoms with Gasteiger partial charge in [-0.15, -0.1) is 0 Å². The maximum Gasteiger partial charge on any atom is 0.0496 e. The summed E-state index contributed by atoms with van der Waals surface area (Å²) in [5, 5.41) is 0. The van der Waals surface area contributed by atoms with Gasteiger partial charge in [0.1, 0.15) is 0 Å². The Kier molecular flexibility index (Phi) is 3.41. The van der Waals surface area contributed by atoms with E-state index in [1.807, 2.05) is 0 Å². The molecule has 104 valence electrons. The third-order valence-electron chi connectivity index (χ3n) is 5.96. The first-order chi connectivity index (χ1) is 8.67. The summed E-state index contributed by atoms with van der Waals surface area (Å²) in [7, 11) is 2.33. The number of hydrogen-bond donors (Lipinski definition) is 1. The number of likely N-dealkylation sites (N-methyl/N-ethyl adjacent to an activating group) is 1. The molecule has 2 aliphatic heterocycles. The molecule has 18 heavy (non-hydrogen) atoms. The molecule has 3 fully saturated rings. The Morgan fingerprint density at radius 1 is 1.33 bits per heavy atom. The van der Waals surface area contributed by atoms with Crippen molar-refractivity contribution < 1.29 is 0 Å². The second kappa shape index (κ2) is 4.77. The summed E-state index contributed by atoms with van der Waals surface area (Å²) in [6.45, 7) is 7.07. The van der Waals surface area contributed by atoms with E-state index < -0.39 is 0 Å². The van der Waals surface area contributed by atoms with E-state index in [0.29, 0.717) is 0 Å². The Hall–Kier alpha value is -0.120. The molecule has 2 heterocycles. The van der Waals surface area contributed by atoms with Gasteiger partial charge in [-0.25, -0.2) is 0 Å². The van der Waals surface area contributed by atoms with Crippen LogP contribution in [0.1, 0.15) is 39.0 Å². The van der Waals surface area contributed by atoms with Gasteiger partial charge in [-0.05, 0) is 51.1 Å². The minimum Gasteiger partial charge on any atom is -0.329 e. The van der Waals surface area contributed by atoms with Crippen LogP contribution in [-0.4, -0.2) is 54.6 Å². The Labute approximate surface area is 112 Å². The van der Waals surface area contributed by atoms with Gasteiger partial charge >= 0.3 is 0 Å². The van der Waals surface area contributed by atoms with Crippen LogP contribution in [0.5, 0.6) is 0 Å². The summed E-state index contributed by atoms with van der Waals surface area (Å²) in [6.07, 6.45) is 6.87. The van der Waals surface area contributed by atoms with Crippen molar-refractivity contribution in [3.8, 4) is 0 Å². The van der Waals surface area contributed by atoms with Crippen LogP contribution >= 0.6 is 0 Å². The number of nitrogens with zero attached hydrogens (tertiary/aromatic N) is 2. The van der Waals surface area contributed by atoms with E-state index in [4.69, 9.17) is 5.73 Å². The third-order valence-corrected chi connectivity index (χ3v) is 5.96. The molecule has 0 aromatic carbocycles. The number of fused-ring (bicyclic) bond motifs is 1. The average Bonchev–Trinajstić information content (AvgIpc) is 2.94. The van der Waals surface area contributed by atoms with Crippen molar-refractivity contribution in [3.63, 3.8) is 0 Å². The minimum atomic E-state index is 0.280. The highest BCUT2D eigenvalue weighted by Gasteiger charge is 2.50. The standard InChI is InChI=1S/C15H29N3/c1-12-9-13(12)10-17(2)15(11-16)6-8-18-7-4-3-5-14(15)18/h12-14H,3-11,16H2,1-2H3. The molecule has 4 atom stereocenters. The first kappa shape index (κ1) is 12.9. The molecule has 0 bridgehead atoms. The van der Waals surface area contributed by atoms with E-state index in [9.17, 15) is 0 Å². The van der Waals surface area contributed by atoms with Gasteiger partial charge in [0.25, 0.3) is 0 Å². The fraction of sp³-hybridized carbons (Fsp3) is 1.00. The summed E-state index contributed by atoms with van der Waals surface area (Å²) < 4.78 is 0. The van der Waals surface area contributed by atoms with E-state index in [1.54, 1.807) is 0 Å². The number of rotatable bonds is 4. The lowest BCUT2D eigenvalue weighted by Crippen LogP contribution is -2.61. The maximum absolute atomic E-state index is 6.24. The maximum atomic E-state index is 6.24. The van der Waals surface area contributed by atoms with Gasteiger partial charge in [0.05, 0.1) is 0 Å². The van der Waals surface area contributed by atoms with E-state index in [-0.39, 0.29) is 5.54 Å². The number of nitrogens with two attached hydrogens (primary N) is 1. The summed E-state index contributed by atoms with van der Waals surface area (Å²) in [4.78, 5) is 5.35. The molecule has 3 heteroatoms. The quantitative estimate of drug-likeness (QED) is 0.822. The summed E-state index contributed by atoms with van der Waals surface area (Å²) >= 11 is 0. The fourth-order valence-corrected chi connectivity index (χ4v) is 4.40. The van der Waals surface area contributed by atoms with Crippen LogP contribution in [0.25, 0.3) is 0 Å². The summed E-state index contributed by atoms with van der Waals surface area (Å²) in [5.74, 6) is 1.89. The molecule has 0 aromatic rings. The highest BCUT2D eigenvalue weighted by molar-refractivity contribution is 5.08. The molecule has 0 radical (unpaired) electrons. The van der Waals surface area contributed by atoms with E-state index >= 15 is 0 Å². The Bertz CT molecular complexity index is 306. The summed E-state index contributed by atoms with van der Waals surface area (Å²) in [5.41, 5.74) is 6.52. The molecule has 3 nitrogen and oxygen atoms in total. The molecular weight excluding hydrogens is 222 g/mol. The van der Waals surface area contributed by atoms with Crippen molar-refractivity contribution >= 4 is 0 Å². The molecular formula is C15H29N3. The SMILES string of the molecule is CC1CC1CN(C)C1(CN)CCN2CCCCC21. The molecule has 4 unspecified atom stereocenters. The van der Waals surface area contributed by atoms with E-state index in [1.165, 1.54) is 51.7 Å². The zero-order valence-corrected chi connectivity index (χ0v) is 12.1. The third kappa shape index (κ3) is 2.00. The molecule has 2 saturated heterocycles. The fourth-order valence-electron chi connectivity index (χ4n) is 4.40. The first-order valence-electron chi connectivity index (χ1n) is 7.83.